The van der Waals surface area contributed by atoms with Gasteiger partial charge in [-0.1, -0.05) is 20.8 Å². The standard InChI is InChI=1S/C18H33N3O6/c1-4-13-7-20(11-17(24)25)15(6-3)9-21(12-18(26)27)14(5-2)8-19(13)10-16(22)23/h13-15H,4-12H2,1-3H3,(H,22,23)(H,24,25)(H,26,27)/t13-,14-,15-/m0/s1. The van der Waals surface area contributed by atoms with Gasteiger partial charge in [0.2, 0.25) is 0 Å². The SMILES string of the molecule is CC[C@H]1CN(CC(=O)O)[C@@H](CC)CN(CC(=O)O)[C@@H](CC)CN1CC(=O)O. The van der Waals surface area contributed by atoms with Crippen LogP contribution in [0.15, 0.2) is 0 Å². The first kappa shape index (κ1) is 23.3. The summed E-state index contributed by atoms with van der Waals surface area (Å²) in [5.41, 5.74) is 0. The van der Waals surface area contributed by atoms with Gasteiger partial charge in [-0.05, 0) is 19.3 Å². The second-order valence-corrected chi connectivity index (χ2v) is 7.16. The molecule has 1 saturated heterocycles. The molecule has 0 aromatic carbocycles. The van der Waals surface area contributed by atoms with E-state index in [-0.39, 0.29) is 37.8 Å². The maximum absolute atomic E-state index is 11.4. The molecule has 0 saturated carbocycles. The number of nitrogens with zero attached hydrogens (tertiary/aromatic N) is 3. The summed E-state index contributed by atoms with van der Waals surface area (Å²) in [5.74, 6) is -2.82. The Morgan fingerprint density at radius 2 is 0.852 bits per heavy atom. The number of hydrogen-bond donors (Lipinski definition) is 3. The minimum atomic E-state index is -0.941. The molecule has 1 fully saturated rings. The van der Waals surface area contributed by atoms with Crippen LogP contribution in [0.5, 0.6) is 0 Å². The molecule has 0 aliphatic carbocycles. The van der Waals surface area contributed by atoms with Crippen LogP contribution >= 0.6 is 0 Å². The van der Waals surface area contributed by atoms with E-state index in [2.05, 4.69) is 0 Å². The Bertz CT molecular complexity index is 444. The lowest BCUT2D eigenvalue weighted by molar-refractivity contribution is -0.141. The molecule has 9 heteroatoms. The van der Waals surface area contributed by atoms with Gasteiger partial charge in [0.15, 0.2) is 0 Å². The van der Waals surface area contributed by atoms with Crippen molar-refractivity contribution in [3.8, 4) is 0 Å². The first-order chi connectivity index (χ1) is 12.7. The van der Waals surface area contributed by atoms with E-state index in [1.807, 2.05) is 35.5 Å². The molecular formula is C18H33N3O6. The molecule has 1 rings (SSSR count). The lowest BCUT2D eigenvalue weighted by atomic mass is 10.1. The molecule has 1 aliphatic rings. The first-order valence-electron chi connectivity index (χ1n) is 9.59. The van der Waals surface area contributed by atoms with Gasteiger partial charge in [0.1, 0.15) is 0 Å². The van der Waals surface area contributed by atoms with Gasteiger partial charge in [-0.25, -0.2) is 0 Å². The van der Waals surface area contributed by atoms with Crippen molar-refractivity contribution in [3.05, 3.63) is 0 Å². The van der Waals surface area contributed by atoms with Gasteiger partial charge in [0.25, 0.3) is 0 Å². The van der Waals surface area contributed by atoms with Gasteiger partial charge in [-0.3, -0.25) is 29.1 Å². The lowest BCUT2D eigenvalue weighted by Crippen LogP contribution is -2.50. The van der Waals surface area contributed by atoms with Crippen molar-refractivity contribution in [2.75, 3.05) is 39.3 Å². The summed E-state index contributed by atoms with van der Waals surface area (Å²) in [4.78, 5) is 39.7. The Kier molecular flexibility index (Phi) is 9.68. The maximum atomic E-state index is 11.4. The monoisotopic (exact) mass is 387 g/mol. The average molecular weight is 387 g/mol. The van der Waals surface area contributed by atoms with Gasteiger partial charge in [-0.2, -0.15) is 0 Å². The number of hydrogen-bond acceptors (Lipinski definition) is 6. The summed E-state index contributed by atoms with van der Waals surface area (Å²) in [6.45, 7) is 6.81. The van der Waals surface area contributed by atoms with Crippen molar-refractivity contribution in [2.45, 2.75) is 58.2 Å². The van der Waals surface area contributed by atoms with Crippen LogP contribution in [-0.2, 0) is 14.4 Å². The molecule has 0 amide bonds. The zero-order chi connectivity index (χ0) is 20.6. The molecule has 0 unspecified atom stereocenters. The van der Waals surface area contributed by atoms with Crippen molar-refractivity contribution >= 4 is 17.9 Å². The van der Waals surface area contributed by atoms with Gasteiger partial charge >= 0.3 is 17.9 Å². The number of rotatable bonds is 9. The van der Waals surface area contributed by atoms with Crippen molar-refractivity contribution in [1.29, 1.82) is 0 Å². The summed E-state index contributed by atoms with van der Waals surface area (Å²) < 4.78 is 0. The second-order valence-electron chi connectivity index (χ2n) is 7.16. The Balaban J connectivity index is 3.29. The number of carboxylic acids is 3. The van der Waals surface area contributed by atoms with Crippen molar-refractivity contribution in [1.82, 2.24) is 14.7 Å². The van der Waals surface area contributed by atoms with E-state index in [0.717, 1.165) is 0 Å². The number of aliphatic carboxylic acids is 3. The van der Waals surface area contributed by atoms with Crippen LogP contribution in [0.2, 0.25) is 0 Å². The molecule has 156 valence electrons. The summed E-state index contributed by atoms with van der Waals surface area (Å²) in [5, 5.41) is 28.0. The summed E-state index contributed by atoms with van der Waals surface area (Å²) in [7, 11) is 0. The van der Waals surface area contributed by atoms with Crippen LogP contribution in [0, 0.1) is 0 Å². The fourth-order valence-corrected chi connectivity index (χ4v) is 3.87. The van der Waals surface area contributed by atoms with Crippen molar-refractivity contribution in [2.24, 2.45) is 0 Å². The third-order valence-electron chi connectivity index (χ3n) is 5.31. The van der Waals surface area contributed by atoms with E-state index >= 15 is 0 Å². The van der Waals surface area contributed by atoms with E-state index in [9.17, 15) is 29.7 Å². The van der Waals surface area contributed by atoms with E-state index < -0.39 is 17.9 Å². The van der Waals surface area contributed by atoms with Crippen molar-refractivity contribution < 1.29 is 29.7 Å². The highest BCUT2D eigenvalue weighted by molar-refractivity contribution is 5.70. The van der Waals surface area contributed by atoms with Crippen LogP contribution in [0.4, 0.5) is 0 Å². The molecule has 27 heavy (non-hydrogen) atoms. The zero-order valence-electron chi connectivity index (χ0n) is 16.5. The van der Waals surface area contributed by atoms with Gasteiger partial charge in [0.05, 0.1) is 19.6 Å². The number of carbonyl (C=O) groups is 3. The summed E-state index contributed by atoms with van der Waals surface area (Å²) in [6, 6.07) is -0.310. The summed E-state index contributed by atoms with van der Waals surface area (Å²) in [6.07, 6.45) is 2.07. The highest BCUT2D eigenvalue weighted by Gasteiger charge is 2.34. The van der Waals surface area contributed by atoms with Gasteiger partial charge < -0.3 is 15.3 Å². The average Bonchev–Trinajstić information content (AvgIpc) is 2.62. The second kappa shape index (κ2) is 11.2. The Morgan fingerprint density at radius 3 is 1.00 bits per heavy atom. The van der Waals surface area contributed by atoms with Gasteiger partial charge in [-0.15, -0.1) is 0 Å². The third-order valence-corrected chi connectivity index (χ3v) is 5.31. The Hall–Kier alpha value is -1.71. The normalized spacial score (nSPS) is 26.1. The Morgan fingerprint density at radius 1 is 0.630 bits per heavy atom. The smallest absolute Gasteiger partial charge is 0.317 e. The third kappa shape index (κ3) is 7.43. The fraction of sp³-hybridized carbons (Fsp3) is 0.833. The molecule has 1 heterocycles. The van der Waals surface area contributed by atoms with Crippen LogP contribution in [0.25, 0.3) is 0 Å². The molecule has 0 radical (unpaired) electrons. The molecular weight excluding hydrogens is 354 g/mol. The van der Waals surface area contributed by atoms with Crippen LogP contribution < -0.4 is 0 Å². The highest BCUT2D eigenvalue weighted by Crippen LogP contribution is 2.19. The highest BCUT2D eigenvalue weighted by atomic mass is 16.4. The lowest BCUT2D eigenvalue weighted by Gasteiger charge is -2.35. The quantitative estimate of drug-likeness (QED) is 0.519. The minimum Gasteiger partial charge on any atom is -0.480 e. The topological polar surface area (TPSA) is 122 Å². The van der Waals surface area contributed by atoms with E-state index in [1.54, 1.807) is 0 Å². The molecule has 9 nitrogen and oxygen atoms in total. The summed E-state index contributed by atoms with van der Waals surface area (Å²) >= 11 is 0. The molecule has 3 atom stereocenters. The molecule has 3 N–H and O–H groups in total. The van der Waals surface area contributed by atoms with E-state index in [0.29, 0.717) is 38.9 Å². The molecule has 0 spiro atoms. The number of carboxylic acid groups (broad SMARTS) is 3. The molecule has 0 bridgehead atoms. The van der Waals surface area contributed by atoms with Crippen LogP contribution in [0.3, 0.4) is 0 Å². The fourth-order valence-electron chi connectivity index (χ4n) is 3.87. The van der Waals surface area contributed by atoms with Crippen molar-refractivity contribution in [3.63, 3.8) is 0 Å². The van der Waals surface area contributed by atoms with E-state index in [1.165, 1.54) is 0 Å². The van der Waals surface area contributed by atoms with E-state index in [4.69, 9.17) is 0 Å². The van der Waals surface area contributed by atoms with Crippen LogP contribution in [0.1, 0.15) is 40.0 Å². The molecule has 0 aromatic rings. The predicted molar refractivity (Wildman–Crippen MR) is 99.9 cm³/mol. The maximum Gasteiger partial charge on any atom is 0.317 e. The minimum absolute atomic E-state index is 0.103. The molecule has 0 aromatic heterocycles. The first-order valence-corrected chi connectivity index (χ1v) is 9.59. The zero-order valence-corrected chi connectivity index (χ0v) is 16.5. The largest absolute Gasteiger partial charge is 0.480 e. The Labute approximate surface area is 160 Å². The predicted octanol–water partition coefficient (Wildman–Crippen LogP) is 0.496. The van der Waals surface area contributed by atoms with Crippen LogP contribution in [-0.4, -0.2) is 105 Å². The molecule has 1 aliphatic heterocycles. The van der Waals surface area contributed by atoms with Gasteiger partial charge in [0, 0.05) is 37.8 Å².